The van der Waals surface area contributed by atoms with E-state index in [-0.39, 0.29) is 0 Å². The van der Waals surface area contributed by atoms with E-state index < -0.39 is 0 Å². The number of aromatic nitrogens is 1. The van der Waals surface area contributed by atoms with Gasteiger partial charge in [0.05, 0.1) is 5.69 Å². The maximum atomic E-state index is 4.94. The zero-order valence-corrected chi connectivity index (χ0v) is 12.9. The highest BCUT2D eigenvalue weighted by atomic mass is 32.1. The molecule has 2 saturated carbocycles. The van der Waals surface area contributed by atoms with E-state index in [0.29, 0.717) is 0 Å². The van der Waals surface area contributed by atoms with Gasteiger partial charge in [0, 0.05) is 30.9 Å². The van der Waals surface area contributed by atoms with Gasteiger partial charge in [-0.05, 0) is 38.6 Å². The number of hydrogen-bond donors (Lipinski definition) is 1. The lowest BCUT2D eigenvalue weighted by molar-refractivity contribution is 0.546. The van der Waals surface area contributed by atoms with Crippen molar-refractivity contribution in [2.75, 3.05) is 25.5 Å². The number of hydrogen-bond acceptors (Lipinski definition) is 4. The summed E-state index contributed by atoms with van der Waals surface area (Å²) in [6.07, 6.45) is 8.35. The molecule has 2 aliphatic rings. The first-order valence-corrected chi connectivity index (χ1v) is 8.45. The quantitative estimate of drug-likeness (QED) is 0.865. The van der Waals surface area contributed by atoms with Gasteiger partial charge >= 0.3 is 0 Å². The third-order valence-electron chi connectivity index (χ3n) is 4.35. The molecule has 1 aromatic rings. The highest BCUT2D eigenvalue weighted by Gasteiger charge is 2.30. The second kappa shape index (κ2) is 5.80. The van der Waals surface area contributed by atoms with Crippen molar-refractivity contribution in [3.05, 3.63) is 10.6 Å². The van der Waals surface area contributed by atoms with Gasteiger partial charge in [0.1, 0.15) is 0 Å². The van der Waals surface area contributed by atoms with E-state index in [9.17, 15) is 0 Å². The third kappa shape index (κ3) is 3.11. The largest absolute Gasteiger partial charge is 0.351 e. The van der Waals surface area contributed by atoms with E-state index in [0.717, 1.165) is 18.4 Å². The van der Waals surface area contributed by atoms with Crippen LogP contribution in [0.25, 0.3) is 0 Å². The summed E-state index contributed by atoms with van der Waals surface area (Å²) in [4.78, 5) is 8.79. The van der Waals surface area contributed by atoms with Crippen molar-refractivity contribution < 1.29 is 0 Å². The molecule has 0 unspecified atom stereocenters. The Balaban J connectivity index is 1.70. The smallest absolute Gasteiger partial charge is 0.185 e. The van der Waals surface area contributed by atoms with Crippen molar-refractivity contribution in [3.63, 3.8) is 0 Å². The fourth-order valence-corrected chi connectivity index (χ4v) is 4.26. The Labute approximate surface area is 120 Å². The maximum absolute atomic E-state index is 4.94. The molecule has 0 atom stereocenters. The zero-order valence-electron chi connectivity index (χ0n) is 12.1. The van der Waals surface area contributed by atoms with Crippen LogP contribution < -0.4 is 10.2 Å². The molecule has 2 aliphatic carbocycles. The fourth-order valence-electron chi connectivity index (χ4n) is 3.14. The van der Waals surface area contributed by atoms with E-state index in [1.165, 1.54) is 60.8 Å². The van der Waals surface area contributed by atoms with Gasteiger partial charge in [0.2, 0.25) is 0 Å². The van der Waals surface area contributed by atoms with E-state index in [2.05, 4.69) is 17.3 Å². The van der Waals surface area contributed by atoms with Crippen molar-refractivity contribution in [2.45, 2.75) is 51.0 Å². The molecule has 3 rings (SSSR count). The number of nitrogens with one attached hydrogen (secondary N) is 1. The molecule has 1 N–H and O–H groups in total. The van der Waals surface area contributed by atoms with Crippen LogP contribution in [-0.4, -0.2) is 25.6 Å². The first kappa shape index (κ1) is 13.4. The Morgan fingerprint density at radius 3 is 2.63 bits per heavy atom. The van der Waals surface area contributed by atoms with Crippen molar-refractivity contribution >= 4 is 16.5 Å². The average molecular weight is 279 g/mol. The lowest BCUT2D eigenvalue weighted by atomic mass is 10.1. The van der Waals surface area contributed by atoms with Crippen LogP contribution in [0.3, 0.4) is 0 Å². The summed E-state index contributed by atoms with van der Waals surface area (Å²) >= 11 is 1.90. The highest BCUT2D eigenvalue weighted by Crippen LogP contribution is 2.44. The summed E-state index contributed by atoms with van der Waals surface area (Å²) < 4.78 is 0. The Morgan fingerprint density at radius 2 is 2.00 bits per heavy atom. The molecule has 0 saturated heterocycles. The molecular formula is C15H25N3S. The fraction of sp³-hybridized carbons (Fsp3) is 0.800. The monoisotopic (exact) mass is 279 g/mol. The number of rotatable bonds is 6. The molecular weight excluding hydrogens is 254 g/mol. The molecule has 4 heteroatoms. The molecule has 1 heterocycles. The van der Waals surface area contributed by atoms with E-state index >= 15 is 0 Å². The summed E-state index contributed by atoms with van der Waals surface area (Å²) in [6, 6.07) is 0. The normalized spacial score (nSPS) is 20.1. The zero-order chi connectivity index (χ0) is 13.2. The number of thiazole rings is 1. The van der Waals surface area contributed by atoms with Gasteiger partial charge in [-0.2, -0.15) is 0 Å². The summed E-state index contributed by atoms with van der Waals surface area (Å²) in [6.45, 7) is 2.16. The van der Waals surface area contributed by atoms with Crippen LogP contribution in [0, 0.1) is 5.92 Å². The van der Waals surface area contributed by atoms with Gasteiger partial charge in [-0.25, -0.2) is 4.98 Å². The molecule has 0 amide bonds. The Hall–Kier alpha value is -0.610. The topological polar surface area (TPSA) is 28.2 Å². The molecule has 106 valence electrons. The SMILES string of the molecule is CNCc1sc(N(C)CC2CCCC2)nc1C1CC1. The molecule has 0 aromatic carbocycles. The van der Waals surface area contributed by atoms with Crippen LogP contribution in [0.5, 0.6) is 0 Å². The summed E-state index contributed by atoms with van der Waals surface area (Å²) in [5.41, 5.74) is 1.38. The van der Waals surface area contributed by atoms with Gasteiger partial charge < -0.3 is 10.2 Å². The number of anilines is 1. The Bertz CT molecular complexity index is 419. The van der Waals surface area contributed by atoms with Gasteiger partial charge in [0.25, 0.3) is 0 Å². The lowest BCUT2D eigenvalue weighted by Crippen LogP contribution is -2.23. The maximum Gasteiger partial charge on any atom is 0.185 e. The summed E-state index contributed by atoms with van der Waals surface area (Å²) in [5, 5.41) is 4.52. The van der Waals surface area contributed by atoms with E-state index in [1.807, 2.05) is 18.4 Å². The molecule has 0 radical (unpaired) electrons. The second-order valence-electron chi connectivity index (χ2n) is 6.14. The van der Waals surface area contributed by atoms with Gasteiger partial charge in [-0.1, -0.05) is 12.8 Å². The third-order valence-corrected chi connectivity index (χ3v) is 5.54. The number of nitrogens with zero attached hydrogens (tertiary/aromatic N) is 2. The highest BCUT2D eigenvalue weighted by molar-refractivity contribution is 7.15. The summed E-state index contributed by atoms with van der Waals surface area (Å²) in [7, 11) is 4.25. The summed E-state index contributed by atoms with van der Waals surface area (Å²) in [5.74, 6) is 1.65. The predicted molar refractivity (Wildman–Crippen MR) is 82.1 cm³/mol. The predicted octanol–water partition coefficient (Wildman–Crippen LogP) is 3.37. The Morgan fingerprint density at radius 1 is 1.26 bits per heavy atom. The van der Waals surface area contributed by atoms with Gasteiger partial charge in [0.15, 0.2) is 5.13 Å². The second-order valence-corrected chi connectivity index (χ2v) is 7.20. The Kier molecular flexibility index (Phi) is 4.08. The minimum atomic E-state index is 0.758. The molecule has 2 fully saturated rings. The van der Waals surface area contributed by atoms with Crippen LogP contribution >= 0.6 is 11.3 Å². The van der Waals surface area contributed by atoms with Crippen LogP contribution in [0.2, 0.25) is 0 Å². The van der Waals surface area contributed by atoms with E-state index in [1.54, 1.807) is 0 Å². The molecule has 1 aromatic heterocycles. The van der Waals surface area contributed by atoms with Crippen LogP contribution in [0.15, 0.2) is 0 Å². The van der Waals surface area contributed by atoms with Gasteiger partial charge in [-0.15, -0.1) is 11.3 Å². The molecule has 0 aliphatic heterocycles. The standard InChI is InChI=1S/C15H25N3S/c1-16-9-13-14(12-7-8-12)17-15(19-13)18(2)10-11-5-3-4-6-11/h11-12,16H,3-10H2,1-2H3. The molecule has 19 heavy (non-hydrogen) atoms. The molecule has 0 spiro atoms. The van der Waals surface area contributed by atoms with E-state index in [4.69, 9.17) is 4.98 Å². The minimum absolute atomic E-state index is 0.758. The first-order valence-electron chi connectivity index (χ1n) is 7.63. The minimum Gasteiger partial charge on any atom is -0.351 e. The van der Waals surface area contributed by atoms with Crippen molar-refractivity contribution in [3.8, 4) is 0 Å². The van der Waals surface area contributed by atoms with Crippen LogP contribution in [0.1, 0.15) is 55.0 Å². The van der Waals surface area contributed by atoms with Crippen molar-refractivity contribution in [1.82, 2.24) is 10.3 Å². The van der Waals surface area contributed by atoms with Crippen molar-refractivity contribution in [2.24, 2.45) is 5.92 Å². The first-order chi connectivity index (χ1) is 9.28. The lowest BCUT2D eigenvalue weighted by Gasteiger charge is -2.19. The van der Waals surface area contributed by atoms with Crippen LogP contribution in [0.4, 0.5) is 5.13 Å². The molecule has 3 nitrogen and oxygen atoms in total. The average Bonchev–Trinajstić information content (AvgIpc) is 2.95. The van der Waals surface area contributed by atoms with Crippen molar-refractivity contribution in [1.29, 1.82) is 0 Å². The van der Waals surface area contributed by atoms with Crippen LogP contribution in [-0.2, 0) is 6.54 Å². The molecule has 0 bridgehead atoms. The van der Waals surface area contributed by atoms with Gasteiger partial charge in [-0.3, -0.25) is 0 Å².